The van der Waals surface area contributed by atoms with Gasteiger partial charge in [0.05, 0.1) is 15.7 Å². The number of carbonyl (C=O) groups excluding carboxylic acids is 1. The zero-order valence-corrected chi connectivity index (χ0v) is 14.0. The number of para-hydroxylation sites is 2. The van der Waals surface area contributed by atoms with E-state index in [1.165, 1.54) is 23.3 Å². The number of amides is 1. The Kier molecular flexibility index (Phi) is 3.51. The zero-order valence-electron chi connectivity index (χ0n) is 13.2. The van der Waals surface area contributed by atoms with Crippen molar-refractivity contribution < 1.29 is 9.90 Å². The van der Waals surface area contributed by atoms with E-state index < -0.39 is 11.5 Å². The first kappa shape index (κ1) is 15.3. The molecule has 2 heterocycles. The van der Waals surface area contributed by atoms with Crippen molar-refractivity contribution >= 4 is 43.5 Å². The van der Waals surface area contributed by atoms with E-state index in [2.05, 4.69) is 9.97 Å². The van der Waals surface area contributed by atoms with Crippen molar-refractivity contribution in [3.05, 3.63) is 64.4 Å². The maximum absolute atomic E-state index is 12.8. The molecule has 0 aliphatic carbocycles. The van der Waals surface area contributed by atoms with E-state index in [1.54, 1.807) is 24.3 Å². The highest BCUT2D eigenvalue weighted by atomic mass is 32.1. The molecule has 124 valence electrons. The summed E-state index contributed by atoms with van der Waals surface area (Å²) in [6.07, 6.45) is 0. The van der Waals surface area contributed by atoms with Gasteiger partial charge in [-0.05, 0) is 24.3 Å². The number of H-pyrrole nitrogens is 1. The van der Waals surface area contributed by atoms with Gasteiger partial charge < -0.3 is 10.1 Å². The average Bonchev–Trinajstić information content (AvgIpc) is 3.05. The molecule has 4 aromatic rings. The number of hydrogen-bond donors (Lipinski definition) is 2. The minimum absolute atomic E-state index is 0.291. The smallest absolute Gasteiger partial charge is 0.269 e. The van der Waals surface area contributed by atoms with Crippen LogP contribution in [0.25, 0.3) is 21.1 Å². The first-order valence-electron chi connectivity index (χ1n) is 7.54. The lowest BCUT2D eigenvalue weighted by molar-refractivity contribution is 0.0989. The molecule has 2 N–H and O–H groups in total. The van der Waals surface area contributed by atoms with Crippen LogP contribution in [0.4, 0.5) is 5.13 Å². The summed E-state index contributed by atoms with van der Waals surface area (Å²) in [6, 6.07) is 14.3. The van der Waals surface area contributed by atoms with Crippen molar-refractivity contribution in [2.75, 3.05) is 11.9 Å². The number of pyridine rings is 1. The molecule has 0 saturated heterocycles. The third-order valence-corrected chi connectivity index (χ3v) is 5.10. The number of nitrogens with zero attached hydrogens (tertiary/aromatic N) is 2. The van der Waals surface area contributed by atoms with Gasteiger partial charge >= 0.3 is 0 Å². The predicted molar refractivity (Wildman–Crippen MR) is 98.6 cm³/mol. The molecule has 6 nitrogen and oxygen atoms in total. The molecule has 1 amide bonds. The standard InChI is InChI=1S/C18H13N3O3S/c1-21(18-20-12-8-4-5-9-13(12)25-18)17(24)14-15(22)10-6-2-3-7-11(10)19-16(14)23/h2-9H,1H3,(H2,19,22,23). The molecule has 0 spiro atoms. The van der Waals surface area contributed by atoms with Gasteiger partial charge in [0.2, 0.25) is 0 Å². The van der Waals surface area contributed by atoms with Crippen molar-refractivity contribution in [2.24, 2.45) is 0 Å². The van der Waals surface area contributed by atoms with Crippen LogP contribution < -0.4 is 10.5 Å². The zero-order chi connectivity index (χ0) is 17.6. The second-order valence-corrected chi connectivity index (χ2v) is 6.56. The van der Waals surface area contributed by atoms with Crippen molar-refractivity contribution in [2.45, 2.75) is 0 Å². The highest BCUT2D eigenvalue weighted by molar-refractivity contribution is 7.22. The first-order valence-corrected chi connectivity index (χ1v) is 8.35. The molecule has 7 heteroatoms. The molecule has 0 bridgehead atoms. The average molecular weight is 351 g/mol. The monoisotopic (exact) mass is 351 g/mol. The Morgan fingerprint density at radius 1 is 1.16 bits per heavy atom. The van der Waals surface area contributed by atoms with Crippen LogP contribution in [0.1, 0.15) is 10.4 Å². The molecule has 0 radical (unpaired) electrons. The summed E-state index contributed by atoms with van der Waals surface area (Å²) >= 11 is 1.34. The van der Waals surface area contributed by atoms with Crippen LogP contribution in [0, 0.1) is 0 Å². The number of thiazole rings is 1. The normalized spacial score (nSPS) is 11.1. The van der Waals surface area contributed by atoms with Gasteiger partial charge in [-0.15, -0.1) is 0 Å². The minimum atomic E-state index is -0.630. The second kappa shape index (κ2) is 5.71. The van der Waals surface area contributed by atoms with E-state index in [1.807, 2.05) is 24.3 Å². The van der Waals surface area contributed by atoms with E-state index in [0.29, 0.717) is 16.0 Å². The van der Waals surface area contributed by atoms with E-state index in [0.717, 1.165) is 10.2 Å². The van der Waals surface area contributed by atoms with Gasteiger partial charge in [0.15, 0.2) is 5.13 Å². The Morgan fingerprint density at radius 2 is 1.88 bits per heavy atom. The Hall–Kier alpha value is -3.19. The summed E-state index contributed by atoms with van der Waals surface area (Å²) in [5, 5.41) is 11.3. The Labute approximate surface area is 146 Å². The minimum Gasteiger partial charge on any atom is -0.506 e. The molecule has 0 fully saturated rings. The van der Waals surface area contributed by atoms with Gasteiger partial charge in [0.25, 0.3) is 11.5 Å². The van der Waals surface area contributed by atoms with Crippen LogP contribution in [0.5, 0.6) is 5.75 Å². The summed E-state index contributed by atoms with van der Waals surface area (Å²) in [7, 11) is 1.54. The molecule has 0 saturated carbocycles. The van der Waals surface area contributed by atoms with E-state index in [9.17, 15) is 14.7 Å². The number of nitrogens with one attached hydrogen (secondary N) is 1. The van der Waals surface area contributed by atoms with Gasteiger partial charge in [-0.25, -0.2) is 4.98 Å². The van der Waals surface area contributed by atoms with Crippen molar-refractivity contribution in [3.8, 4) is 5.75 Å². The van der Waals surface area contributed by atoms with Crippen molar-refractivity contribution in [3.63, 3.8) is 0 Å². The molecular formula is C18H13N3O3S. The van der Waals surface area contributed by atoms with Crippen LogP contribution >= 0.6 is 11.3 Å². The molecule has 2 aromatic carbocycles. The first-order chi connectivity index (χ1) is 12.1. The molecule has 25 heavy (non-hydrogen) atoms. The molecule has 0 aliphatic rings. The molecule has 0 aliphatic heterocycles. The lowest BCUT2D eigenvalue weighted by Gasteiger charge is -2.14. The number of benzene rings is 2. The molecule has 0 atom stereocenters. The SMILES string of the molecule is CN(C(=O)c1c(O)c2ccccc2[nH]c1=O)c1nc2ccccc2s1. The van der Waals surface area contributed by atoms with Gasteiger partial charge in [-0.1, -0.05) is 35.6 Å². The summed E-state index contributed by atoms with van der Waals surface area (Å²) in [5.41, 5.74) is 0.331. The van der Waals surface area contributed by atoms with Crippen LogP contribution in [0.2, 0.25) is 0 Å². The van der Waals surface area contributed by atoms with Gasteiger partial charge in [-0.2, -0.15) is 0 Å². The van der Waals surface area contributed by atoms with Crippen LogP contribution in [-0.4, -0.2) is 28.0 Å². The third kappa shape index (κ3) is 2.45. The number of aromatic amines is 1. The fourth-order valence-corrected chi connectivity index (χ4v) is 3.61. The highest BCUT2D eigenvalue weighted by Gasteiger charge is 2.24. The number of anilines is 1. The number of carbonyl (C=O) groups is 1. The van der Waals surface area contributed by atoms with Crippen LogP contribution in [-0.2, 0) is 0 Å². The summed E-state index contributed by atoms with van der Waals surface area (Å²) < 4.78 is 0.939. The van der Waals surface area contributed by atoms with Crippen molar-refractivity contribution in [1.29, 1.82) is 0 Å². The molecule has 2 aromatic heterocycles. The maximum Gasteiger partial charge on any atom is 0.269 e. The lowest BCUT2D eigenvalue weighted by atomic mass is 10.1. The number of aromatic hydroxyl groups is 1. The Bertz CT molecular complexity index is 1150. The Balaban J connectivity index is 1.82. The predicted octanol–water partition coefficient (Wildman–Crippen LogP) is 3.12. The quantitative estimate of drug-likeness (QED) is 0.581. The number of aromatic nitrogens is 2. The third-order valence-electron chi connectivity index (χ3n) is 3.98. The van der Waals surface area contributed by atoms with E-state index >= 15 is 0 Å². The van der Waals surface area contributed by atoms with E-state index in [-0.39, 0.29) is 11.3 Å². The van der Waals surface area contributed by atoms with Gasteiger partial charge in [0.1, 0.15) is 11.3 Å². The van der Waals surface area contributed by atoms with E-state index in [4.69, 9.17) is 0 Å². The van der Waals surface area contributed by atoms with Gasteiger partial charge in [0, 0.05) is 12.4 Å². The Morgan fingerprint density at radius 3 is 2.68 bits per heavy atom. The largest absolute Gasteiger partial charge is 0.506 e. The lowest BCUT2D eigenvalue weighted by Crippen LogP contribution is -2.31. The van der Waals surface area contributed by atoms with Crippen molar-refractivity contribution in [1.82, 2.24) is 9.97 Å². The topological polar surface area (TPSA) is 86.3 Å². The molecule has 0 unspecified atom stereocenters. The number of fused-ring (bicyclic) bond motifs is 2. The molecule has 4 rings (SSSR count). The summed E-state index contributed by atoms with van der Waals surface area (Å²) in [4.78, 5) is 33.5. The van der Waals surface area contributed by atoms with Gasteiger partial charge in [-0.3, -0.25) is 14.5 Å². The highest BCUT2D eigenvalue weighted by Crippen LogP contribution is 2.30. The summed E-state index contributed by atoms with van der Waals surface area (Å²) in [5.74, 6) is -0.930. The number of rotatable bonds is 2. The van der Waals surface area contributed by atoms with Crippen LogP contribution in [0.15, 0.2) is 53.3 Å². The second-order valence-electron chi connectivity index (χ2n) is 5.55. The van der Waals surface area contributed by atoms with Crippen LogP contribution in [0.3, 0.4) is 0 Å². The summed E-state index contributed by atoms with van der Waals surface area (Å²) in [6.45, 7) is 0. The fourth-order valence-electron chi connectivity index (χ4n) is 2.68. The fraction of sp³-hybridized carbons (Fsp3) is 0.0556. The molecular weight excluding hydrogens is 338 g/mol. The maximum atomic E-state index is 12.8. The number of hydrogen-bond acceptors (Lipinski definition) is 5.